The van der Waals surface area contributed by atoms with Gasteiger partial charge in [-0.3, -0.25) is 0 Å². The molecule has 1 N–H and O–H groups in total. The first-order valence-electron chi connectivity index (χ1n) is 9.33. The van der Waals surface area contributed by atoms with E-state index in [0.717, 1.165) is 22.5 Å². The van der Waals surface area contributed by atoms with Gasteiger partial charge in [-0.15, -0.1) is 5.10 Å². The van der Waals surface area contributed by atoms with Gasteiger partial charge in [0.1, 0.15) is 17.0 Å². The molecule has 0 saturated heterocycles. The van der Waals surface area contributed by atoms with Crippen molar-refractivity contribution in [3.8, 4) is 11.4 Å². The van der Waals surface area contributed by atoms with Gasteiger partial charge in [0, 0.05) is 19.3 Å². The van der Waals surface area contributed by atoms with E-state index in [2.05, 4.69) is 20.2 Å². The summed E-state index contributed by atoms with van der Waals surface area (Å²) in [4.78, 5) is 9.06. The second-order valence-electron chi connectivity index (χ2n) is 6.81. The SMILES string of the molecule is CCOc1ccc(-n2nc3c(N(C)Cc4cnc[nH]4)nnc(C)c3c2C)c(F)c1. The van der Waals surface area contributed by atoms with Crippen molar-refractivity contribution in [3.05, 3.63) is 53.6 Å². The average molecular weight is 395 g/mol. The number of ether oxygens (including phenoxy) is 1. The highest BCUT2D eigenvalue weighted by Gasteiger charge is 2.21. The van der Waals surface area contributed by atoms with Crippen molar-refractivity contribution in [2.45, 2.75) is 27.3 Å². The molecule has 8 nitrogen and oxygen atoms in total. The Labute approximate surface area is 167 Å². The maximum atomic E-state index is 14.8. The number of fused-ring (bicyclic) bond motifs is 1. The van der Waals surface area contributed by atoms with E-state index in [1.165, 1.54) is 6.07 Å². The second kappa shape index (κ2) is 7.50. The summed E-state index contributed by atoms with van der Waals surface area (Å²) in [6.07, 6.45) is 3.39. The van der Waals surface area contributed by atoms with Crippen LogP contribution in [-0.4, -0.2) is 43.6 Å². The predicted octanol–water partition coefficient (Wildman–Crippen LogP) is 3.33. The third kappa shape index (κ3) is 3.39. The Morgan fingerprint density at radius 3 is 2.76 bits per heavy atom. The number of aromatic nitrogens is 6. The molecule has 4 aromatic rings. The van der Waals surface area contributed by atoms with Crippen LogP contribution in [-0.2, 0) is 6.54 Å². The van der Waals surface area contributed by atoms with E-state index in [-0.39, 0.29) is 0 Å². The standard InChI is InChI=1S/C20H22FN7O/c1-5-29-15-6-7-17(16(21)8-15)28-13(3)18-12(2)24-25-20(19(18)26-28)27(4)10-14-9-22-11-23-14/h6-9,11H,5,10H2,1-4H3,(H,22,23). The molecule has 0 aliphatic rings. The minimum Gasteiger partial charge on any atom is -0.494 e. The summed E-state index contributed by atoms with van der Waals surface area (Å²) >= 11 is 0. The van der Waals surface area contributed by atoms with Crippen molar-refractivity contribution in [2.24, 2.45) is 0 Å². The first-order valence-corrected chi connectivity index (χ1v) is 9.33. The first-order chi connectivity index (χ1) is 14.0. The third-order valence-electron chi connectivity index (χ3n) is 4.77. The van der Waals surface area contributed by atoms with Crippen LogP contribution in [0.4, 0.5) is 10.2 Å². The summed E-state index contributed by atoms with van der Waals surface area (Å²) in [6, 6.07) is 4.78. The molecule has 150 valence electrons. The Bertz CT molecular complexity index is 1150. The van der Waals surface area contributed by atoms with Gasteiger partial charge in [-0.2, -0.15) is 10.2 Å². The molecule has 0 radical (unpaired) electrons. The molecule has 9 heteroatoms. The summed E-state index contributed by atoms with van der Waals surface area (Å²) in [6.45, 7) is 6.68. The maximum absolute atomic E-state index is 14.8. The largest absolute Gasteiger partial charge is 0.494 e. The van der Waals surface area contributed by atoms with Crippen LogP contribution in [0.25, 0.3) is 16.6 Å². The molecule has 4 rings (SSSR count). The number of aromatic amines is 1. The molecule has 0 atom stereocenters. The van der Waals surface area contributed by atoms with Gasteiger partial charge < -0.3 is 14.6 Å². The molecule has 3 aromatic heterocycles. The number of H-pyrrole nitrogens is 1. The summed E-state index contributed by atoms with van der Waals surface area (Å²) in [5.74, 6) is 0.703. The number of imidazole rings is 1. The minimum atomic E-state index is -0.405. The second-order valence-corrected chi connectivity index (χ2v) is 6.81. The maximum Gasteiger partial charge on any atom is 0.179 e. The van der Waals surface area contributed by atoms with E-state index in [4.69, 9.17) is 9.84 Å². The number of hydrogen-bond acceptors (Lipinski definition) is 6. The van der Waals surface area contributed by atoms with Gasteiger partial charge in [-0.1, -0.05) is 0 Å². The smallest absolute Gasteiger partial charge is 0.179 e. The van der Waals surface area contributed by atoms with E-state index in [9.17, 15) is 4.39 Å². The van der Waals surface area contributed by atoms with E-state index in [1.54, 1.807) is 29.3 Å². The number of nitrogens with zero attached hydrogens (tertiary/aromatic N) is 6. The fourth-order valence-electron chi connectivity index (χ4n) is 3.42. The summed E-state index contributed by atoms with van der Waals surface area (Å²) in [5.41, 5.74) is 3.51. The van der Waals surface area contributed by atoms with Crippen LogP contribution in [0.15, 0.2) is 30.7 Å². The Balaban J connectivity index is 1.81. The predicted molar refractivity (Wildman–Crippen MR) is 108 cm³/mol. The highest BCUT2D eigenvalue weighted by Crippen LogP contribution is 2.30. The molecule has 3 heterocycles. The van der Waals surface area contributed by atoms with Crippen molar-refractivity contribution >= 4 is 16.7 Å². The molecular formula is C20H22FN7O. The number of nitrogens with one attached hydrogen (secondary N) is 1. The lowest BCUT2D eigenvalue weighted by Crippen LogP contribution is -2.19. The zero-order chi connectivity index (χ0) is 20.5. The van der Waals surface area contributed by atoms with Crippen molar-refractivity contribution < 1.29 is 9.13 Å². The molecular weight excluding hydrogens is 373 g/mol. The molecule has 29 heavy (non-hydrogen) atoms. The number of aryl methyl sites for hydroxylation is 2. The number of halogens is 1. The lowest BCUT2D eigenvalue weighted by atomic mass is 10.2. The van der Waals surface area contributed by atoms with Crippen LogP contribution >= 0.6 is 0 Å². The van der Waals surface area contributed by atoms with Crippen molar-refractivity contribution in [1.29, 1.82) is 0 Å². The third-order valence-corrected chi connectivity index (χ3v) is 4.77. The Morgan fingerprint density at radius 1 is 1.24 bits per heavy atom. The summed E-state index contributed by atoms with van der Waals surface area (Å²) < 4.78 is 21.8. The molecule has 0 bridgehead atoms. The zero-order valence-corrected chi connectivity index (χ0v) is 16.8. The highest BCUT2D eigenvalue weighted by atomic mass is 19.1. The molecule has 0 aliphatic carbocycles. The van der Waals surface area contributed by atoms with Crippen LogP contribution < -0.4 is 9.64 Å². The lowest BCUT2D eigenvalue weighted by Gasteiger charge is -2.16. The van der Waals surface area contributed by atoms with Crippen LogP contribution in [0.5, 0.6) is 5.75 Å². The van der Waals surface area contributed by atoms with Gasteiger partial charge in [0.05, 0.1) is 41.9 Å². The molecule has 0 unspecified atom stereocenters. The number of benzene rings is 1. The highest BCUT2D eigenvalue weighted by molar-refractivity contribution is 5.92. The Hall–Kier alpha value is -3.49. The fraction of sp³-hybridized carbons (Fsp3) is 0.300. The van der Waals surface area contributed by atoms with Gasteiger partial charge in [0.15, 0.2) is 11.6 Å². The molecule has 0 amide bonds. The van der Waals surface area contributed by atoms with Crippen LogP contribution in [0.1, 0.15) is 24.0 Å². The van der Waals surface area contributed by atoms with Gasteiger partial charge in [-0.25, -0.2) is 14.1 Å². The fourth-order valence-corrected chi connectivity index (χ4v) is 3.42. The molecule has 1 aromatic carbocycles. The Kier molecular flexibility index (Phi) is 4.87. The summed E-state index contributed by atoms with van der Waals surface area (Å²) in [5, 5.41) is 14.2. The van der Waals surface area contributed by atoms with Gasteiger partial charge >= 0.3 is 0 Å². The van der Waals surface area contributed by atoms with Crippen molar-refractivity contribution in [2.75, 3.05) is 18.6 Å². The first kappa shape index (κ1) is 18.9. The molecule has 0 spiro atoms. The normalized spacial score (nSPS) is 11.2. The van der Waals surface area contributed by atoms with Crippen molar-refractivity contribution in [1.82, 2.24) is 29.9 Å². The quantitative estimate of drug-likeness (QED) is 0.539. The molecule has 0 saturated carbocycles. The van der Waals surface area contributed by atoms with Crippen LogP contribution in [0.2, 0.25) is 0 Å². The summed E-state index contributed by atoms with van der Waals surface area (Å²) in [7, 11) is 1.91. The monoisotopic (exact) mass is 395 g/mol. The van der Waals surface area contributed by atoms with E-state index in [0.29, 0.717) is 35.9 Å². The van der Waals surface area contributed by atoms with E-state index < -0.39 is 5.82 Å². The van der Waals surface area contributed by atoms with Crippen LogP contribution in [0, 0.1) is 19.7 Å². The topological polar surface area (TPSA) is 84.8 Å². The lowest BCUT2D eigenvalue weighted by molar-refractivity contribution is 0.338. The van der Waals surface area contributed by atoms with Crippen molar-refractivity contribution in [3.63, 3.8) is 0 Å². The number of hydrogen-bond donors (Lipinski definition) is 1. The minimum absolute atomic E-state index is 0.351. The average Bonchev–Trinajstić information content (AvgIpc) is 3.31. The zero-order valence-electron chi connectivity index (χ0n) is 16.8. The van der Waals surface area contributed by atoms with Crippen LogP contribution in [0.3, 0.4) is 0 Å². The molecule has 0 aliphatic heterocycles. The number of rotatable bonds is 6. The Morgan fingerprint density at radius 2 is 2.07 bits per heavy atom. The van der Waals surface area contributed by atoms with E-state index >= 15 is 0 Å². The number of anilines is 1. The van der Waals surface area contributed by atoms with E-state index in [1.807, 2.05) is 32.7 Å². The van der Waals surface area contributed by atoms with Gasteiger partial charge in [0.25, 0.3) is 0 Å². The van der Waals surface area contributed by atoms with Gasteiger partial charge in [-0.05, 0) is 32.9 Å². The molecule has 0 fully saturated rings. The van der Waals surface area contributed by atoms with Gasteiger partial charge in [0.2, 0.25) is 0 Å².